The van der Waals surface area contributed by atoms with Crippen LogP contribution in [0.1, 0.15) is 30.5 Å². The first-order chi connectivity index (χ1) is 12.1. The van der Waals surface area contributed by atoms with Crippen LogP contribution in [-0.2, 0) is 17.6 Å². The Bertz CT molecular complexity index is 812. The number of amides is 1. The van der Waals surface area contributed by atoms with E-state index in [1.165, 1.54) is 6.20 Å². The number of hydrogen-bond acceptors (Lipinski definition) is 4. The van der Waals surface area contributed by atoms with Crippen LogP contribution in [0.15, 0.2) is 48.3 Å². The van der Waals surface area contributed by atoms with Crippen LogP contribution in [-0.4, -0.2) is 10.9 Å². The third-order valence-electron chi connectivity index (χ3n) is 3.97. The molecule has 0 fully saturated rings. The minimum absolute atomic E-state index is 0.00184. The lowest BCUT2D eigenvalue weighted by atomic mass is 10.0. The number of pyridine rings is 1. The third kappa shape index (κ3) is 4.45. The summed E-state index contributed by atoms with van der Waals surface area (Å²) in [6.07, 6.45) is 4.66. The number of carbonyl (C=O) groups is 1. The molecular weight excluding hydrogens is 312 g/mol. The van der Waals surface area contributed by atoms with Gasteiger partial charge in [0.15, 0.2) is 0 Å². The normalized spacial score (nSPS) is 10.9. The van der Waals surface area contributed by atoms with Gasteiger partial charge >= 0.3 is 0 Å². The average molecular weight is 334 g/mol. The van der Waals surface area contributed by atoms with E-state index in [2.05, 4.69) is 15.6 Å². The second-order valence-corrected chi connectivity index (χ2v) is 5.60. The first-order valence-electron chi connectivity index (χ1n) is 8.31. The Morgan fingerprint density at radius 3 is 2.44 bits per heavy atom. The second-order valence-electron chi connectivity index (χ2n) is 5.60. The van der Waals surface area contributed by atoms with Gasteiger partial charge in [0.2, 0.25) is 0 Å². The fourth-order valence-corrected chi connectivity index (χ4v) is 2.51. The van der Waals surface area contributed by atoms with E-state index in [9.17, 15) is 10.1 Å². The number of para-hydroxylation sites is 1. The van der Waals surface area contributed by atoms with Crippen molar-refractivity contribution in [2.75, 3.05) is 10.6 Å². The van der Waals surface area contributed by atoms with Crippen molar-refractivity contribution in [3.8, 4) is 6.07 Å². The van der Waals surface area contributed by atoms with Gasteiger partial charge in [-0.25, -0.2) is 4.98 Å². The standard InChI is InChI=1S/C20H22N4O/c1-4-15-9-6-10-16(5-2)18(15)24-20(25)17(12-21)13-23-19-14(3)8-7-11-22-19/h6-11,13H,4-5H2,1-3H3,(H,22,23)(H,24,25)/b17-13-. The predicted octanol–water partition coefficient (Wildman–Crippen LogP) is 3.97. The zero-order valence-electron chi connectivity index (χ0n) is 14.8. The number of carbonyl (C=O) groups excluding carboxylic acids is 1. The van der Waals surface area contributed by atoms with Crippen LogP contribution < -0.4 is 10.6 Å². The molecule has 2 aromatic rings. The number of rotatable bonds is 6. The molecule has 0 unspecified atom stereocenters. The maximum atomic E-state index is 12.5. The summed E-state index contributed by atoms with van der Waals surface area (Å²) in [5, 5.41) is 15.2. The Hall–Kier alpha value is -3.13. The van der Waals surface area contributed by atoms with E-state index in [1.807, 2.05) is 57.2 Å². The Balaban J connectivity index is 2.23. The largest absolute Gasteiger partial charge is 0.345 e. The van der Waals surface area contributed by atoms with E-state index in [1.54, 1.807) is 6.20 Å². The topological polar surface area (TPSA) is 77.8 Å². The van der Waals surface area contributed by atoms with Crippen molar-refractivity contribution in [3.63, 3.8) is 0 Å². The highest BCUT2D eigenvalue weighted by Gasteiger charge is 2.14. The molecule has 0 aliphatic heterocycles. The second kappa shape index (κ2) is 8.65. The molecule has 128 valence electrons. The number of anilines is 2. The molecule has 0 bridgehead atoms. The van der Waals surface area contributed by atoms with Gasteiger partial charge in [-0.1, -0.05) is 38.1 Å². The lowest BCUT2D eigenvalue weighted by Gasteiger charge is -2.14. The quantitative estimate of drug-likeness (QED) is 0.619. The van der Waals surface area contributed by atoms with Crippen LogP contribution >= 0.6 is 0 Å². The van der Waals surface area contributed by atoms with E-state index in [0.29, 0.717) is 5.82 Å². The number of aryl methyl sites for hydroxylation is 3. The molecule has 0 saturated heterocycles. The van der Waals surface area contributed by atoms with Gasteiger partial charge in [0.1, 0.15) is 17.5 Å². The van der Waals surface area contributed by atoms with E-state index >= 15 is 0 Å². The number of nitrogens with zero attached hydrogens (tertiary/aromatic N) is 2. The molecule has 0 radical (unpaired) electrons. The smallest absolute Gasteiger partial charge is 0.267 e. The van der Waals surface area contributed by atoms with Crippen molar-refractivity contribution < 1.29 is 4.79 Å². The predicted molar refractivity (Wildman–Crippen MR) is 100 cm³/mol. The Labute approximate surface area is 148 Å². The summed E-state index contributed by atoms with van der Waals surface area (Å²) < 4.78 is 0. The summed E-state index contributed by atoms with van der Waals surface area (Å²) in [7, 11) is 0. The van der Waals surface area contributed by atoms with Gasteiger partial charge < -0.3 is 10.6 Å². The SMILES string of the molecule is CCc1cccc(CC)c1NC(=O)/C(C#N)=C\Nc1ncccc1C. The first-order valence-corrected chi connectivity index (χ1v) is 8.31. The van der Waals surface area contributed by atoms with Crippen LogP contribution in [0.3, 0.4) is 0 Å². The molecule has 1 amide bonds. The summed E-state index contributed by atoms with van der Waals surface area (Å²) in [5.41, 5.74) is 3.84. The summed E-state index contributed by atoms with van der Waals surface area (Å²) in [6, 6.07) is 11.6. The molecule has 0 spiro atoms. The maximum Gasteiger partial charge on any atom is 0.267 e. The van der Waals surface area contributed by atoms with Gasteiger partial charge in [0, 0.05) is 18.1 Å². The number of nitrogens with one attached hydrogen (secondary N) is 2. The van der Waals surface area contributed by atoms with Crippen molar-refractivity contribution in [2.24, 2.45) is 0 Å². The molecule has 2 rings (SSSR count). The van der Waals surface area contributed by atoms with Gasteiger partial charge in [-0.15, -0.1) is 0 Å². The van der Waals surface area contributed by atoms with Crippen molar-refractivity contribution in [1.82, 2.24) is 4.98 Å². The molecule has 0 atom stereocenters. The summed E-state index contributed by atoms with van der Waals surface area (Å²) in [6.45, 7) is 5.98. The molecule has 0 saturated carbocycles. The molecule has 0 aliphatic carbocycles. The Kier molecular flexibility index (Phi) is 6.30. The van der Waals surface area contributed by atoms with Crippen molar-refractivity contribution in [3.05, 3.63) is 65.0 Å². The summed E-state index contributed by atoms with van der Waals surface area (Å²) in [4.78, 5) is 16.7. The van der Waals surface area contributed by atoms with Crippen molar-refractivity contribution >= 4 is 17.4 Å². The Morgan fingerprint density at radius 2 is 1.88 bits per heavy atom. The molecule has 1 heterocycles. The highest BCUT2D eigenvalue weighted by atomic mass is 16.1. The van der Waals surface area contributed by atoms with E-state index < -0.39 is 5.91 Å². The third-order valence-corrected chi connectivity index (χ3v) is 3.97. The molecular formula is C20H22N4O. The van der Waals surface area contributed by atoms with E-state index in [0.717, 1.165) is 35.2 Å². The Morgan fingerprint density at radius 1 is 1.20 bits per heavy atom. The molecule has 0 aliphatic rings. The van der Waals surface area contributed by atoms with E-state index in [-0.39, 0.29) is 5.57 Å². The van der Waals surface area contributed by atoms with E-state index in [4.69, 9.17) is 0 Å². The highest BCUT2D eigenvalue weighted by Crippen LogP contribution is 2.23. The molecule has 25 heavy (non-hydrogen) atoms. The zero-order chi connectivity index (χ0) is 18.2. The summed E-state index contributed by atoms with van der Waals surface area (Å²) >= 11 is 0. The fourth-order valence-electron chi connectivity index (χ4n) is 2.51. The minimum Gasteiger partial charge on any atom is -0.345 e. The lowest BCUT2D eigenvalue weighted by molar-refractivity contribution is -0.112. The fraction of sp³-hybridized carbons (Fsp3) is 0.250. The zero-order valence-corrected chi connectivity index (χ0v) is 14.8. The highest BCUT2D eigenvalue weighted by molar-refractivity contribution is 6.07. The number of benzene rings is 1. The molecule has 1 aromatic carbocycles. The van der Waals surface area contributed by atoms with Gasteiger partial charge in [0.05, 0.1) is 0 Å². The molecule has 2 N–H and O–H groups in total. The summed E-state index contributed by atoms with van der Waals surface area (Å²) in [5.74, 6) is 0.186. The van der Waals surface area contributed by atoms with Gasteiger partial charge in [-0.05, 0) is 42.5 Å². The molecule has 5 heteroatoms. The van der Waals surface area contributed by atoms with Crippen LogP contribution in [0.4, 0.5) is 11.5 Å². The first kappa shape index (κ1) is 18.2. The van der Waals surface area contributed by atoms with Crippen LogP contribution in [0.25, 0.3) is 0 Å². The minimum atomic E-state index is -0.431. The van der Waals surface area contributed by atoms with Crippen molar-refractivity contribution in [1.29, 1.82) is 5.26 Å². The molecule has 5 nitrogen and oxygen atoms in total. The van der Waals surface area contributed by atoms with Crippen molar-refractivity contribution in [2.45, 2.75) is 33.6 Å². The average Bonchev–Trinajstić information content (AvgIpc) is 2.63. The monoisotopic (exact) mass is 334 g/mol. The number of hydrogen-bond donors (Lipinski definition) is 2. The van der Waals surface area contributed by atoms with Crippen LogP contribution in [0, 0.1) is 18.3 Å². The van der Waals surface area contributed by atoms with Gasteiger partial charge in [-0.3, -0.25) is 4.79 Å². The van der Waals surface area contributed by atoms with Gasteiger partial charge in [-0.2, -0.15) is 5.26 Å². The number of nitriles is 1. The number of aromatic nitrogens is 1. The van der Waals surface area contributed by atoms with Gasteiger partial charge in [0.25, 0.3) is 5.91 Å². The van der Waals surface area contributed by atoms with Crippen LogP contribution in [0.2, 0.25) is 0 Å². The lowest BCUT2D eigenvalue weighted by Crippen LogP contribution is -2.17. The molecule has 1 aromatic heterocycles. The maximum absolute atomic E-state index is 12.5. The van der Waals surface area contributed by atoms with Crippen LogP contribution in [0.5, 0.6) is 0 Å².